The van der Waals surface area contributed by atoms with E-state index in [4.69, 9.17) is 0 Å². The zero-order chi connectivity index (χ0) is 12.6. The summed E-state index contributed by atoms with van der Waals surface area (Å²) in [6.07, 6.45) is 11.2. The van der Waals surface area contributed by atoms with E-state index in [2.05, 4.69) is 14.9 Å². The van der Waals surface area contributed by atoms with Gasteiger partial charge in [0.05, 0.1) is 6.33 Å². The number of likely N-dealkylation sites (tertiary alicyclic amines) is 1. The largest absolute Gasteiger partial charge is 0.338 e. The van der Waals surface area contributed by atoms with Crippen LogP contribution in [0.25, 0.3) is 0 Å². The lowest BCUT2D eigenvalue weighted by molar-refractivity contribution is 0.186. The van der Waals surface area contributed by atoms with Crippen molar-refractivity contribution in [2.45, 2.75) is 38.6 Å². The molecule has 1 N–H and O–H groups in total. The Morgan fingerprint density at radius 2 is 2.06 bits per heavy atom. The maximum atomic E-state index is 11.8. The molecule has 0 bridgehead atoms. The molecule has 0 spiro atoms. The number of amides is 2. The van der Waals surface area contributed by atoms with Crippen molar-refractivity contribution in [1.29, 1.82) is 0 Å². The quantitative estimate of drug-likeness (QED) is 0.811. The number of aryl methyl sites for hydroxylation is 1. The number of hydrogen-bond donors (Lipinski definition) is 1. The van der Waals surface area contributed by atoms with Gasteiger partial charge in [0.15, 0.2) is 0 Å². The van der Waals surface area contributed by atoms with E-state index in [0.29, 0.717) is 0 Å². The van der Waals surface area contributed by atoms with Crippen molar-refractivity contribution in [2.24, 2.45) is 0 Å². The summed E-state index contributed by atoms with van der Waals surface area (Å²) in [6, 6.07) is 0.109. The van der Waals surface area contributed by atoms with E-state index in [0.717, 1.165) is 51.9 Å². The summed E-state index contributed by atoms with van der Waals surface area (Å²) in [5, 5.41) is 2.99. The van der Waals surface area contributed by atoms with Crippen LogP contribution in [0.15, 0.2) is 18.7 Å². The maximum absolute atomic E-state index is 11.8. The van der Waals surface area contributed by atoms with Gasteiger partial charge in [0.25, 0.3) is 0 Å². The van der Waals surface area contributed by atoms with Crippen LogP contribution in [0.4, 0.5) is 4.79 Å². The van der Waals surface area contributed by atoms with E-state index in [9.17, 15) is 4.79 Å². The van der Waals surface area contributed by atoms with Gasteiger partial charge in [0.1, 0.15) is 0 Å². The summed E-state index contributed by atoms with van der Waals surface area (Å²) in [4.78, 5) is 17.7. The highest BCUT2D eigenvalue weighted by Crippen LogP contribution is 2.08. The number of nitrogens with zero attached hydrogens (tertiary/aromatic N) is 3. The normalized spacial score (nSPS) is 15.7. The van der Waals surface area contributed by atoms with Gasteiger partial charge < -0.3 is 14.8 Å². The first-order valence-corrected chi connectivity index (χ1v) is 6.85. The second-order valence-corrected chi connectivity index (χ2v) is 4.79. The second kappa shape index (κ2) is 7.03. The molecule has 2 rings (SSSR count). The third-order valence-corrected chi connectivity index (χ3v) is 3.32. The molecule has 0 unspecified atom stereocenters. The Kier molecular flexibility index (Phi) is 5.05. The van der Waals surface area contributed by atoms with E-state index in [1.54, 1.807) is 6.20 Å². The Morgan fingerprint density at radius 1 is 1.22 bits per heavy atom. The number of aromatic nitrogens is 2. The Labute approximate surface area is 108 Å². The average Bonchev–Trinajstić information content (AvgIpc) is 2.92. The number of piperidine rings is 1. The summed E-state index contributed by atoms with van der Waals surface area (Å²) < 4.78 is 2.06. The van der Waals surface area contributed by atoms with Gasteiger partial charge in [0, 0.05) is 38.6 Å². The van der Waals surface area contributed by atoms with E-state index < -0.39 is 0 Å². The molecule has 0 aromatic carbocycles. The number of hydrogen-bond acceptors (Lipinski definition) is 2. The zero-order valence-corrected chi connectivity index (χ0v) is 10.8. The number of carbonyl (C=O) groups is 1. The Balaban J connectivity index is 1.53. The monoisotopic (exact) mass is 250 g/mol. The van der Waals surface area contributed by atoms with Gasteiger partial charge in [-0.25, -0.2) is 9.78 Å². The van der Waals surface area contributed by atoms with Crippen molar-refractivity contribution in [3.05, 3.63) is 18.7 Å². The van der Waals surface area contributed by atoms with Crippen LogP contribution in [-0.4, -0.2) is 40.1 Å². The molecular formula is C13H22N4O. The summed E-state index contributed by atoms with van der Waals surface area (Å²) in [5.74, 6) is 0. The van der Waals surface area contributed by atoms with E-state index >= 15 is 0 Å². The van der Waals surface area contributed by atoms with Crippen molar-refractivity contribution in [2.75, 3.05) is 19.6 Å². The minimum atomic E-state index is 0.109. The lowest BCUT2D eigenvalue weighted by atomic mass is 10.1. The molecule has 0 saturated carbocycles. The molecule has 1 fully saturated rings. The number of imidazole rings is 1. The van der Waals surface area contributed by atoms with E-state index in [1.807, 2.05) is 17.4 Å². The van der Waals surface area contributed by atoms with Crippen molar-refractivity contribution >= 4 is 6.03 Å². The van der Waals surface area contributed by atoms with Crippen LogP contribution in [0.3, 0.4) is 0 Å². The highest BCUT2D eigenvalue weighted by atomic mass is 16.2. The molecular weight excluding hydrogens is 228 g/mol. The van der Waals surface area contributed by atoms with Gasteiger partial charge in [-0.2, -0.15) is 0 Å². The molecule has 0 aliphatic carbocycles. The van der Waals surface area contributed by atoms with E-state index in [1.165, 1.54) is 6.42 Å². The Hall–Kier alpha value is -1.52. The van der Waals surface area contributed by atoms with Crippen LogP contribution in [-0.2, 0) is 6.54 Å². The zero-order valence-electron chi connectivity index (χ0n) is 10.8. The molecule has 0 radical (unpaired) electrons. The van der Waals surface area contributed by atoms with Gasteiger partial charge in [-0.3, -0.25) is 0 Å². The summed E-state index contributed by atoms with van der Waals surface area (Å²) >= 11 is 0. The summed E-state index contributed by atoms with van der Waals surface area (Å²) in [6.45, 7) is 3.57. The SMILES string of the molecule is O=C(NCCCCn1ccnc1)N1CCCCC1. The maximum Gasteiger partial charge on any atom is 0.317 e. The highest BCUT2D eigenvalue weighted by Gasteiger charge is 2.15. The summed E-state index contributed by atoms with van der Waals surface area (Å²) in [7, 11) is 0. The van der Waals surface area contributed by atoms with Crippen LogP contribution < -0.4 is 5.32 Å². The van der Waals surface area contributed by atoms with Crippen LogP contribution >= 0.6 is 0 Å². The first-order chi connectivity index (χ1) is 8.86. The minimum absolute atomic E-state index is 0.109. The first kappa shape index (κ1) is 12.9. The number of nitrogens with one attached hydrogen (secondary N) is 1. The van der Waals surface area contributed by atoms with Crippen molar-refractivity contribution in [3.8, 4) is 0 Å². The fourth-order valence-electron chi connectivity index (χ4n) is 2.24. The second-order valence-electron chi connectivity index (χ2n) is 4.79. The molecule has 5 nitrogen and oxygen atoms in total. The molecule has 2 heterocycles. The van der Waals surface area contributed by atoms with E-state index in [-0.39, 0.29) is 6.03 Å². The average molecular weight is 250 g/mol. The minimum Gasteiger partial charge on any atom is -0.338 e. The fraction of sp³-hybridized carbons (Fsp3) is 0.692. The molecule has 2 amide bonds. The Bertz CT molecular complexity index is 344. The summed E-state index contributed by atoms with van der Waals surface area (Å²) in [5.41, 5.74) is 0. The standard InChI is InChI=1S/C13H22N4O/c18-13(17-9-3-1-4-10-17)15-6-2-5-8-16-11-7-14-12-16/h7,11-12H,1-6,8-10H2,(H,15,18). The van der Waals surface area contributed by atoms with Gasteiger partial charge in [0.2, 0.25) is 0 Å². The van der Waals surface area contributed by atoms with Crippen LogP contribution in [0.5, 0.6) is 0 Å². The molecule has 0 atom stereocenters. The third kappa shape index (κ3) is 4.05. The lowest BCUT2D eigenvalue weighted by Crippen LogP contribution is -2.43. The highest BCUT2D eigenvalue weighted by molar-refractivity contribution is 5.74. The van der Waals surface area contributed by atoms with Gasteiger partial charge in [-0.05, 0) is 32.1 Å². The first-order valence-electron chi connectivity index (χ1n) is 6.85. The molecule has 1 aliphatic heterocycles. The van der Waals surface area contributed by atoms with Crippen LogP contribution in [0.2, 0.25) is 0 Å². The molecule has 1 aliphatic rings. The molecule has 100 valence electrons. The molecule has 1 aromatic heterocycles. The van der Waals surface area contributed by atoms with Gasteiger partial charge in [-0.15, -0.1) is 0 Å². The van der Waals surface area contributed by atoms with Gasteiger partial charge in [-0.1, -0.05) is 0 Å². The van der Waals surface area contributed by atoms with Crippen LogP contribution in [0, 0.1) is 0 Å². The predicted molar refractivity (Wildman–Crippen MR) is 70.3 cm³/mol. The number of rotatable bonds is 5. The van der Waals surface area contributed by atoms with Crippen molar-refractivity contribution in [3.63, 3.8) is 0 Å². The smallest absolute Gasteiger partial charge is 0.317 e. The lowest BCUT2D eigenvalue weighted by Gasteiger charge is -2.26. The van der Waals surface area contributed by atoms with Crippen molar-refractivity contribution in [1.82, 2.24) is 19.8 Å². The number of unbranched alkanes of at least 4 members (excludes halogenated alkanes) is 1. The molecule has 1 aromatic rings. The van der Waals surface area contributed by atoms with Crippen molar-refractivity contribution < 1.29 is 4.79 Å². The number of urea groups is 1. The fourth-order valence-corrected chi connectivity index (χ4v) is 2.24. The number of carbonyl (C=O) groups excluding carboxylic acids is 1. The van der Waals surface area contributed by atoms with Gasteiger partial charge >= 0.3 is 6.03 Å². The molecule has 18 heavy (non-hydrogen) atoms. The molecule has 1 saturated heterocycles. The van der Waals surface area contributed by atoms with Crippen LogP contribution in [0.1, 0.15) is 32.1 Å². The Morgan fingerprint density at radius 3 is 2.78 bits per heavy atom. The third-order valence-electron chi connectivity index (χ3n) is 3.32. The molecule has 5 heteroatoms. The topological polar surface area (TPSA) is 50.2 Å². The predicted octanol–water partition coefficient (Wildman–Crippen LogP) is 1.86.